The summed E-state index contributed by atoms with van der Waals surface area (Å²) in [6.07, 6.45) is 16.4. The first-order valence-electron chi connectivity index (χ1n) is 15.2. The third kappa shape index (κ3) is 4.33. The quantitative estimate of drug-likeness (QED) is 0.288. The van der Waals surface area contributed by atoms with E-state index in [4.69, 9.17) is 9.47 Å². The van der Waals surface area contributed by atoms with Crippen molar-refractivity contribution in [1.82, 2.24) is 0 Å². The Bertz CT molecular complexity index is 985. The highest BCUT2D eigenvalue weighted by atomic mass is 16.7. The molecule has 0 bridgehead atoms. The number of Topliss-reactive ketones (excluding diaryl/α,β-unsaturated/α-hetero) is 1. The number of carbonyl (C=O) groups excluding carboxylic acids is 1. The lowest BCUT2D eigenvalue weighted by molar-refractivity contribution is -0.181. The minimum atomic E-state index is -0.317. The van der Waals surface area contributed by atoms with Gasteiger partial charge in [0.2, 0.25) is 0 Å². The Kier molecular flexibility index (Phi) is 6.92. The van der Waals surface area contributed by atoms with E-state index in [1.807, 2.05) is 0 Å². The van der Waals surface area contributed by atoms with Crippen molar-refractivity contribution in [3.05, 3.63) is 46.5 Å². The van der Waals surface area contributed by atoms with E-state index in [0.717, 1.165) is 51.7 Å². The number of unbranched alkanes of at least 4 members (excludes halogenated alkanes) is 4. The molecule has 0 aromatic heterocycles. The van der Waals surface area contributed by atoms with Crippen molar-refractivity contribution < 1.29 is 14.3 Å². The van der Waals surface area contributed by atoms with Crippen LogP contribution in [-0.4, -0.2) is 24.8 Å². The van der Waals surface area contributed by atoms with Gasteiger partial charge in [-0.05, 0) is 73.8 Å². The van der Waals surface area contributed by atoms with Gasteiger partial charge in [-0.25, -0.2) is 0 Å². The maximum absolute atomic E-state index is 13.2. The molecular formula is C33H46O3. The van der Waals surface area contributed by atoms with E-state index in [9.17, 15) is 4.79 Å². The molecule has 3 saturated carbocycles. The second-order valence-corrected chi connectivity index (χ2v) is 12.8. The van der Waals surface area contributed by atoms with Gasteiger partial charge in [0.1, 0.15) is 5.78 Å². The maximum Gasteiger partial charge on any atom is 0.169 e. The maximum atomic E-state index is 13.2. The van der Waals surface area contributed by atoms with Crippen LogP contribution in [0.3, 0.4) is 0 Å². The van der Waals surface area contributed by atoms with E-state index in [0.29, 0.717) is 29.5 Å². The molecule has 5 atom stereocenters. The molecule has 0 radical (unpaired) electrons. The van der Waals surface area contributed by atoms with Crippen molar-refractivity contribution in [3.8, 4) is 0 Å². The van der Waals surface area contributed by atoms with Crippen LogP contribution in [0.5, 0.6) is 0 Å². The predicted molar refractivity (Wildman–Crippen MR) is 144 cm³/mol. The summed E-state index contributed by atoms with van der Waals surface area (Å²) < 4.78 is 12.3. The molecule has 1 aromatic rings. The zero-order valence-corrected chi connectivity index (χ0v) is 22.7. The van der Waals surface area contributed by atoms with E-state index < -0.39 is 0 Å². The number of hydrogen-bond donors (Lipinski definition) is 0. The highest BCUT2D eigenvalue weighted by Gasteiger charge is 2.57. The van der Waals surface area contributed by atoms with Gasteiger partial charge in [-0.2, -0.15) is 0 Å². The second kappa shape index (κ2) is 10.0. The molecule has 196 valence electrons. The van der Waals surface area contributed by atoms with Crippen LogP contribution in [0.2, 0.25) is 0 Å². The fraction of sp³-hybridized carbons (Fsp3) is 0.727. The monoisotopic (exact) mass is 490 g/mol. The summed E-state index contributed by atoms with van der Waals surface area (Å²) in [5, 5.41) is 0. The topological polar surface area (TPSA) is 35.5 Å². The molecule has 0 N–H and O–H groups in total. The number of carbonyl (C=O) groups is 1. The van der Waals surface area contributed by atoms with E-state index in [1.165, 1.54) is 62.5 Å². The van der Waals surface area contributed by atoms with E-state index in [1.54, 1.807) is 11.1 Å². The fourth-order valence-corrected chi connectivity index (χ4v) is 8.91. The standard InChI is InChI=1S/C33H46O3/c1-3-4-5-6-7-8-23-9-11-24(12-10-23)28-22-32(2)29(15-16-30(32)34)27-14-13-25-21-33(35-19-20-36-33)18-17-26(25)31(27)28/h9-12,25,27-29H,3-8,13-22H2,1-2H3. The number of aryl methyl sites for hydroxylation is 1. The highest BCUT2D eigenvalue weighted by molar-refractivity contribution is 5.87. The minimum Gasteiger partial charge on any atom is -0.348 e. The van der Waals surface area contributed by atoms with Crippen LogP contribution < -0.4 is 0 Å². The van der Waals surface area contributed by atoms with Gasteiger partial charge in [0, 0.05) is 30.6 Å². The second-order valence-electron chi connectivity index (χ2n) is 12.8. The Morgan fingerprint density at radius 1 is 0.917 bits per heavy atom. The highest BCUT2D eigenvalue weighted by Crippen LogP contribution is 2.63. The van der Waals surface area contributed by atoms with Crippen LogP contribution in [0, 0.1) is 23.2 Å². The number of hydrogen-bond acceptors (Lipinski definition) is 3. The molecule has 5 aliphatic rings. The van der Waals surface area contributed by atoms with Gasteiger partial charge in [0.15, 0.2) is 5.79 Å². The SMILES string of the molecule is CCCCCCCc1ccc(C2CC3(C)C(=O)CCC3C3CCC4CC5(CCC4=C23)OCCO5)cc1. The summed E-state index contributed by atoms with van der Waals surface area (Å²) in [6, 6.07) is 9.60. The third-order valence-electron chi connectivity index (χ3n) is 10.8. The van der Waals surface area contributed by atoms with Crippen LogP contribution >= 0.6 is 0 Å². The summed E-state index contributed by atoms with van der Waals surface area (Å²) in [5.74, 6) is 2.33. The minimum absolute atomic E-state index is 0.141. The normalized spacial score (nSPS) is 35.1. The van der Waals surface area contributed by atoms with Crippen LogP contribution in [0.15, 0.2) is 35.4 Å². The van der Waals surface area contributed by atoms with Crippen LogP contribution in [-0.2, 0) is 20.7 Å². The van der Waals surface area contributed by atoms with Crippen LogP contribution in [0.25, 0.3) is 0 Å². The first-order valence-corrected chi connectivity index (χ1v) is 15.2. The number of benzene rings is 1. The summed E-state index contributed by atoms with van der Waals surface area (Å²) in [7, 11) is 0. The molecule has 4 aliphatic carbocycles. The van der Waals surface area contributed by atoms with Gasteiger partial charge < -0.3 is 9.47 Å². The van der Waals surface area contributed by atoms with Gasteiger partial charge in [-0.3, -0.25) is 4.79 Å². The number of fused-ring (bicyclic) bond motifs is 4. The average molecular weight is 491 g/mol. The van der Waals surface area contributed by atoms with Gasteiger partial charge in [-0.15, -0.1) is 0 Å². The lowest BCUT2D eigenvalue weighted by Gasteiger charge is -2.52. The Morgan fingerprint density at radius 3 is 2.47 bits per heavy atom. The predicted octanol–water partition coefficient (Wildman–Crippen LogP) is 7.92. The molecular weight excluding hydrogens is 444 g/mol. The van der Waals surface area contributed by atoms with Crippen molar-refractivity contribution in [2.24, 2.45) is 23.2 Å². The molecule has 1 spiro atoms. The fourth-order valence-electron chi connectivity index (χ4n) is 8.91. The zero-order chi connectivity index (χ0) is 24.8. The van der Waals surface area contributed by atoms with Crippen molar-refractivity contribution in [2.45, 2.75) is 115 Å². The molecule has 1 heterocycles. The van der Waals surface area contributed by atoms with Gasteiger partial charge in [0.25, 0.3) is 0 Å². The lowest BCUT2D eigenvalue weighted by Crippen LogP contribution is -2.46. The summed E-state index contributed by atoms with van der Waals surface area (Å²) in [4.78, 5) is 13.2. The first kappa shape index (κ1) is 24.9. The van der Waals surface area contributed by atoms with Gasteiger partial charge >= 0.3 is 0 Å². The molecule has 4 fully saturated rings. The largest absolute Gasteiger partial charge is 0.348 e. The third-order valence-corrected chi connectivity index (χ3v) is 10.8. The van der Waals surface area contributed by atoms with Gasteiger partial charge in [-0.1, -0.05) is 74.9 Å². The molecule has 0 amide bonds. The summed E-state index contributed by atoms with van der Waals surface area (Å²) in [5.41, 5.74) is 6.24. The molecule has 3 heteroatoms. The number of ketones is 1. The molecule has 6 rings (SSSR count). The number of ether oxygens (including phenoxy) is 2. The van der Waals surface area contributed by atoms with Crippen molar-refractivity contribution in [2.75, 3.05) is 13.2 Å². The molecule has 3 nitrogen and oxygen atoms in total. The zero-order valence-electron chi connectivity index (χ0n) is 22.7. The molecule has 36 heavy (non-hydrogen) atoms. The Balaban J connectivity index is 1.29. The number of rotatable bonds is 7. The Morgan fingerprint density at radius 2 is 1.69 bits per heavy atom. The van der Waals surface area contributed by atoms with Crippen LogP contribution in [0.4, 0.5) is 0 Å². The van der Waals surface area contributed by atoms with Crippen molar-refractivity contribution in [1.29, 1.82) is 0 Å². The molecule has 1 aliphatic heterocycles. The number of allylic oxidation sites excluding steroid dienone is 2. The van der Waals surface area contributed by atoms with Crippen molar-refractivity contribution in [3.63, 3.8) is 0 Å². The summed E-state index contributed by atoms with van der Waals surface area (Å²) in [6.45, 7) is 6.09. The van der Waals surface area contributed by atoms with E-state index >= 15 is 0 Å². The molecule has 1 saturated heterocycles. The van der Waals surface area contributed by atoms with Crippen LogP contribution in [0.1, 0.15) is 114 Å². The van der Waals surface area contributed by atoms with E-state index in [2.05, 4.69) is 38.1 Å². The molecule has 5 unspecified atom stereocenters. The first-order chi connectivity index (χ1) is 17.5. The lowest BCUT2D eigenvalue weighted by atomic mass is 9.52. The van der Waals surface area contributed by atoms with E-state index in [-0.39, 0.29) is 11.2 Å². The van der Waals surface area contributed by atoms with Crippen molar-refractivity contribution >= 4 is 5.78 Å². The Hall–Kier alpha value is -1.45. The Labute approximate surface area is 218 Å². The smallest absolute Gasteiger partial charge is 0.169 e. The molecule has 1 aromatic carbocycles. The van der Waals surface area contributed by atoms with Gasteiger partial charge in [0.05, 0.1) is 13.2 Å². The average Bonchev–Trinajstić information content (AvgIpc) is 3.47. The summed E-state index contributed by atoms with van der Waals surface area (Å²) >= 11 is 0.